The number of unbranched alkanes of at least 4 members (excludes halogenated alkanes) is 1. The first-order chi connectivity index (χ1) is 11.9. The van der Waals surface area contributed by atoms with Crippen LogP contribution >= 0.6 is 11.6 Å². The molecule has 132 valence electrons. The van der Waals surface area contributed by atoms with E-state index < -0.39 is 17.4 Å². The second kappa shape index (κ2) is 5.54. The van der Waals surface area contributed by atoms with Gasteiger partial charge in [0.25, 0.3) is 0 Å². The fraction of sp³-hybridized carbons (Fsp3) is 0.500. The average molecular weight is 362 g/mol. The van der Waals surface area contributed by atoms with Gasteiger partial charge in [0.2, 0.25) is 17.7 Å². The molecule has 25 heavy (non-hydrogen) atoms. The Kier molecular flexibility index (Phi) is 3.67. The van der Waals surface area contributed by atoms with Crippen LogP contribution in [0.2, 0.25) is 5.02 Å². The third-order valence-corrected chi connectivity index (χ3v) is 5.89. The van der Waals surface area contributed by atoms with Gasteiger partial charge >= 0.3 is 0 Å². The highest BCUT2D eigenvalue weighted by Crippen LogP contribution is 2.53. The zero-order valence-corrected chi connectivity index (χ0v) is 14.9. The minimum absolute atomic E-state index is 0.177. The highest BCUT2D eigenvalue weighted by Gasteiger charge is 2.69. The smallest absolute Gasteiger partial charge is 0.250 e. The number of carbonyl (C=O) groups excluding carboxylic acids is 3. The zero-order valence-electron chi connectivity index (χ0n) is 14.1. The molecule has 0 aliphatic carbocycles. The maximum absolute atomic E-state index is 13.1. The fourth-order valence-corrected chi connectivity index (χ4v) is 4.70. The van der Waals surface area contributed by atoms with Gasteiger partial charge in [-0.1, -0.05) is 24.9 Å². The van der Waals surface area contributed by atoms with Crippen molar-refractivity contribution in [2.75, 3.05) is 11.9 Å². The lowest BCUT2D eigenvalue weighted by Gasteiger charge is -2.29. The molecular weight excluding hydrogens is 342 g/mol. The lowest BCUT2D eigenvalue weighted by Crippen LogP contribution is -2.53. The molecule has 1 aromatic rings. The molecule has 0 saturated carbocycles. The molecule has 3 aliphatic rings. The van der Waals surface area contributed by atoms with Crippen LogP contribution in [-0.4, -0.2) is 35.2 Å². The summed E-state index contributed by atoms with van der Waals surface area (Å²) in [4.78, 5) is 40.2. The predicted molar refractivity (Wildman–Crippen MR) is 93.0 cm³/mol. The minimum Gasteiger partial charge on any atom is -0.324 e. The largest absolute Gasteiger partial charge is 0.324 e. The molecule has 2 fully saturated rings. The number of anilines is 1. The van der Waals surface area contributed by atoms with E-state index in [0.29, 0.717) is 22.8 Å². The van der Waals surface area contributed by atoms with E-state index in [1.54, 1.807) is 18.2 Å². The second-order valence-electron chi connectivity index (χ2n) is 7.07. The number of hydrogen-bond donors (Lipinski definition) is 2. The van der Waals surface area contributed by atoms with Gasteiger partial charge in [-0.05, 0) is 31.5 Å². The number of fused-ring (bicyclic) bond motifs is 4. The fourth-order valence-electron chi connectivity index (χ4n) is 4.53. The Morgan fingerprint density at radius 1 is 1.24 bits per heavy atom. The van der Waals surface area contributed by atoms with E-state index in [1.165, 1.54) is 4.90 Å². The van der Waals surface area contributed by atoms with Crippen LogP contribution in [0.15, 0.2) is 18.2 Å². The van der Waals surface area contributed by atoms with Crippen LogP contribution in [-0.2, 0) is 19.9 Å². The Balaban J connectivity index is 1.83. The van der Waals surface area contributed by atoms with Crippen molar-refractivity contribution in [3.8, 4) is 0 Å². The normalized spacial score (nSPS) is 33.2. The summed E-state index contributed by atoms with van der Waals surface area (Å²) in [5.41, 5.74) is 0.0720. The highest BCUT2D eigenvalue weighted by molar-refractivity contribution is 6.31. The molecule has 4 rings (SSSR count). The average Bonchev–Trinajstić information content (AvgIpc) is 3.12. The van der Waals surface area contributed by atoms with Gasteiger partial charge in [0.15, 0.2) is 0 Å². The number of rotatable bonds is 3. The summed E-state index contributed by atoms with van der Waals surface area (Å²) in [5, 5.41) is 6.60. The van der Waals surface area contributed by atoms with Crippen LogP contribution in [0.1, 0.15) is 32.3 Å². The van der Waals surface area contributed by atoms with Gasteiger partial charge in [-0.2, -0.15) is 0 Å². The van der Waals surface area contributed by atoms with Crippen molar-refractivity contribution in [1.82, 2.24) is 10.2 Å². The first-order valence-corrected chi connectivity index (χ1v) is 9.04. The number of likely N-dealkylation sites (tertiary alicyclic amines) is 1. The second-order valence-corrected chi connectivity index (χ2v) is 7.51. The monoisotopic (exact) mass is 361 g/mol. The topological polar surface area (TPSA) is 78.5 Å². The summed E-state index contributed by atoms with van der Waals surface area (Å²) < 4.78 is 0. The summed E-state index contributed by atoms with van der Waals surface area (Å²) in [5.74, 6) is -1.99. The van der Waals surface area contributed by atoms with E-state index in [-0.39, 0.29) is 23.8 Å². The number of nitrogens with one attached hydrogen (secondary N) is 2. The van der Waals surface area contributed by atoms with Gasteiger partial charge in [0.05, 0.1) is 11.8 Å². The number of amides is 3. The molecule has 0 unspecified atom stereocenters. The molecule has 2 saturated heterocycles. The molecule has 0 radical (unpaired) electrons. The number of benzene rings is 1. The third kappa shape index (κ3) is 2.04. The van der Waals surface area contributed by atoms with E-state index >= 15 is 0 Å². The van der Waals surface area contributed by atoms with E-state index in [9.17, 15) is 14.4 Å². The van der Waals surface area contributed by atoms with Crippen molar-refractivity contribution in [3.05, 3.63) is 28.8 Å². The van der Waals surface area contributed by atoms with Crippen LogP contribution in [0.5, 0.6) is 0 Å². The number of halogens is 1. The molecule has 3 aliphatic heterocycles. The summed E-state index contributed by atoms with van der Waals surface area (Å²) in [6, 6.07) is 4.87. The Labute approximate surface area is 150 Å². The van der Waals surface area contributed by atoms with Crippen molar-refractivity contribution in [1.29, 1.82) is 0 Å². The van der Waals surface area contributed by atoms with E-state index in [4.69, 9.17) is 11.6 Å². The highest BCUT2D eigenvalue weighted by atomic mass is 35.5. The van der Waals surface area contributed by atoms with Crippen LogP contribution in [0.4, 0.5) is 5.69 Å². The quantitative estimate of drug-likeness (QED) is 0.806. The van der Waals surface area contributed by atoms with E-state index in [0.717, 1.165) is 12.8 Å². The molecule has 6 nitrogen and oxygen atoms in total. The lowest BCUT2D eigenvalue weighted by atomic mass is 9.76. The molecular formula is C18H20ClN3O3. The molecule has 4 atom stereocenters. The van der Waals surface area contributed by atoms with E-state index in [2.05, 4.69) is 10.6 Å². The maximum atomic E-state index is 13.1. The Morgan fingerprint density at radius 2 is 2.00 bits per heavy atom. The molecule has 3 heterocycles. The molecule has 0 aromatic heterocycles. The first kappa shape index (κ1) is 16.5. The maximum Gasteiger partial charge on any atom is 0.250 e. The van der Waals surface area contributed by atoms with Gasteiger partial charge < -0.3 is 5.32 Å². The van der Waals surface area contributed by atoms with Gasteiger partial charge in [0.1, 0.15) is 5.54 Å². The van der Waals surface area contributed by atoms with Gasteiger partial charge in [-0.15, -0.1) is 0 Å². The Bertz CT molecular complexity index is 796. The Hall–Kier alpha value is -1.92. The lowest BCUT2D eigenvalue weighted by molar-refractivity contribution is -0.142. The first-order valence-electron chi connectivity index (χ1n) is 8.66. The van der Waals surface area contributed by atoms with Crippen LogP contribution in [0.3, 0.4) is 0 Å². The standard InChI is InChI=1S/C18H20ClN3O3/c1-3-4-7-22-15(23)13-9(2)21-18(14(13)16(22)24)11-8-10(19)5-6-12(11)20-17(18)25/h5-6,8-9,13-14,21H,3-4,7H2,1-2H3,(H,20,25)/t9-,13+,14-,18+/m0/s1. The van der Waals surface area contributed by atoms with Crippen molar-refractivity contribution in [2.24, 2.45) is 11.8 Å². The van der Waals surface area contributed by atoms with Crippen molar-refractivity contribution in [2.45, 2.75) is 38.3 Å². The minimum atomic E-state index is -1.22. The molecule has 7 heteroatoms. The number of hydrogen-bond acceptors (Lipinski definition) is 4. The Morgan fingerprint density at radius 3 is 2.72 bits per heavy atom. The molecule has 1 spiro atoms. The molecule has 0 bridgehead atoms. The summed E-state index contributed by atoms with van der Waals surface area (Å²) >= 11 is 6.15. The molecule has 2 N–H and O–H groups in total. The predicted octanol–water partition coefficient (Wildman–Crippen LogP) is 1.88. The third-order valence-electron chi connectivity index (χ3n) is 5.65. The van der Waals surface area contributed by atoms with Crippen LogP contribution < -0.4 is 10.6 Å². The molecule has 3 amide bonds. The number of imide groups is 1. The van der Waals surface area contributed by atoms with Gasteiger partial charge in [0, 0.05) is 28.9 Å². The molecule has 1 aromatic carbocycles. The van der Waals surface area contributed by atoms with Crippen molar-refractivity contribution >= 4 is 35.0 Å². The summed E-state index contributed by atoms with van der Waals surface area (Å²) in [6.45, 7) is 4.28. The van der Waals surface area contributed by atoms with Crippen LogP contribution in [0.25, 0.3) is 0 Å². The van der Waals surface area contributed by atoms with Crippen LogP contribution in [0, 0.1) is 11.8 Å². The van der Waals surface area contributed by atoms with Crippen molar-refractivity contribution in [3.63, 3.8) is 0 Å². The summed E-state index contributed by atoms with van der Waals surface area (Å²) in [6.07, 6.45) is 1.66. The number of carbonyl (C=O) groups is 3. The summed E-state index contributed by atoms with van der Waals surface area (Å²) in [7, 11) is 0. The number of nitrogens with zero attached hydrogens (tertiary/aromatic N) is 1. The van der Waals surface area contributed by atoms with Crippen molar-refractivity contribution < 1.29 is 14.4 Å². The zero-order chi connectivity index (χ0) is 17.9. The van der Waals surface area contributed by atoms with E-state index in [1.807, 2.05) is 13.8 Å². The van der Waals surface area contributed by atoms with Gasteiger partial charge in [-0.25, -0.2) is 0 Å². The SMILES string of the molecule is CCCCN1C(=O)[C@@H]2[C@H](C)N[C@@]3(C(=O)Nc4ccc(Cl)cc43)[C@@H]2C1=O. The van der Waals surface area contributed by atoms with Gasteiger partial charge in [-0.3, -0.25) is 24.6 Å².